The first-order chi connectivity index (χ1) is 27.0. The highest BCUT2D eigenvalue weighted by Crippen LogP contribution is 2.39. The van der Waals surface area contributed by atoms with Gasteiger partial charge in [-0.2, -0.15) is 0 Å². The number of ketones is 2. The number of ether oxygens (including phenoxy) is 4. The van der Waals surface area contributed by atoms with Crippen LogP contribution in [0.2, 0.25) is 0 Å². The van der Waals surface area contributed by atoms with Gasteiger partial charge in [-0.05, 0) is 95.5 Å². The van der Waals surface area contributed by atoms with Crippen LogP contribution in [-0.2, 0) is 38.1 Å². The molecule has 0 radical (unpaired) electrons. The van der Waals surface area contributed by atoms with Gasteiger partial charge < -0.3 is 44.3 Å². The number of piperidine rings is 1. The molecule has 3 fully saturated rings. The lowest BCUT2D eigenvalue weighted by molar-refractivity contribution is -0.302. The summed E-state index contributed by atoms with van der Waals surface area (Å²) in [4.78, 5) is 57.8. The third-order valence-corrected chi connectivity index (χ3v) is 13.0. The number of allylic oxidation sites excluding steroid dienone is 4. The number of hydrogen-bond acceptors (Lipinski definition) is 12. The molecule has 0 unspecified atom stereocenters. The maximum absolute atomic E-state index is 14.3. The third kappa shape index (κ3) is 11.3. The summed E-state index contributed by atoms with van der Waals surface area (Å²) in [5, 5.41) is 44.0. The molecule has 1 aliphatic carbocycles. The predicted octanol–water partition coefficient (Wildman–Crippen LogP) is 4.23. The van der Waals surface area contributed by atoms with Crippen molar-refractivity contribution >= 4 is 23.4 Å². The van der Waals surface area contributed by atoms with Crippen molar-refractivity contribution in [2.75, 3.05) is 27.4 Å². The van der Waals surface area contributed by atoms with Crippen LogP contribution in [0.5, 0.6) is 0 Å². The SMILES string of the molecule is C=CC[C@H]1/C=C(\C)C[C@H](C)C[C@H](OC)[C@H]2O[C@@](O)(C(=O)C(=O)N3CCCC[C@H]3C(=O)O[C@H](/C(C)=C/[C@@H]3CC[C@@H](O)[C@H](CO)C3)[C@H](C)[C@@H](O)CC1=O)[C@H](C)C[C@@H]2OC. The number of fused-ring (bicyclic) bond motifs is 3. The highest BCUT2D eigenvalue weighted by Gasteiger charge is 2.56. The summed E-state index contributed by atoms with van der Waals surface area (Å²) < 4.78 is 24.2. The van der Waals surface area contributed by atoms with E-state index in [9.17, 15) is 39.6 Å². The maximum atomic E-state index is 14.3. The lowest BCUT2D eigenvalue weighted by Gasteiger charge is -2.47. The van der Waals surface area contributed by atoms with E-state index >= 15 is 0 Å². The molecule has 0 spiro atoms. The van der Waals surface area contributed by atoms with E-state index in [2.05, 4.69) is 6.58 Å². The topological polar surface area (TPSA) is 189 Å². The van der Waals surface area contributed by atoms with Crippen LogP contribution in [0, 0.1) is 35.5 Å². The predicted molar refractivity (Wildman–Crippen MR) is 212 cm³/mol. The average molecular weight is 804 g/mol. The van der Waals surface area contributed by atoms with Crippen LogP contribution in [-0.4, -0.2) is 125 Å². The first-order valence-electron chi connectivity index (χ1n) is 21.0. The fourth-order valence-corrected chi connectivity index (χ4v) is 9.51. The summed E-state index contributed by atoms with van der Waals surface area (Å²) in [6.45, 7) is 12.9. The fraction of sp³-hybridized carbons (Fsp3) is 0.773. The van der Waals surface area contributed by atoms with E-state index in [1.54, 1.807) is 26.8 Å². The smallest absolute Gasteiger partial charge is 0.329 e. The molecule has 4 rings (SSSR count). The molecule has 13 nitrogen and oxygen atoms in total. The van der Waals surface area contributed by atoms with E-state index in [4.69, 9.17) is 18.9 Å². The Morgan fingerprint density at radius 3 is 2.32 bits per heavy atom. The molecule has 0 aromatic heterocycles. The zero-order chi connectivity index (χ0) is 42.2. The number of nitrogens with zero attached hydrogens (tertiary/aromatic N) is 1. The Morgan fingerprint density at radius 2 is 1.67 bits per heavy atom. The van der Waals surface area contributed by atoms with Crippen molar-refractivity contribution in [3.8, 4) is 0 Å². The fourth-order valence-electron chi connectivity index (χ4n) is 9.51. The Morgan fingerprint density at radius 1 is 0.982 bits per heavy atom. The van der Waals surface area contributed by atoms with E-state index < -0.39 is 83.9 Å². The number of rotatable bonds is 7. The molecule has 0 aromatic carbocycles. The van der Waals surface area contributed by atoms with Gasteiger partial charge in [-0.25, -0.2) is 4.79 Å². The number of cyclic esters (lactones) is 1. The van der Waals surface area contributed by atoms with Crippen molar-refractivity contribution in [2.45, 2.75) is 154 Å². The number of aliphatic hydroxyl groups is 4. The zero-order valence-electron chi connectivity index (χ0n) is 35.1. The Kier molecular flexibility index (Phi) is 17.2. The number of hydrogen-bond donors (Lipinski definition) is 4. The molecule has 4 N–H and O–H groups in total. The Balaban J connectivity index is 1.78. The largest absolute Gasteiger partial charge is 0.456 e. The molecular formula is C44H69NO12. The minimum atomic E-state index is -2.52. The highest BCUT2D eigenvalue weighted by atomic mass is 16.7. The van der Waals surface area contributed by atoms with E-state index in [1.165, 1.54) is 19.1 Å². The van der Waals surface area contributed by atoms with Gasteiger partial charge in [0.1, 0.15) is 24.0 Å². The second kappa shape index (κ2) is 21.0. The summed E-state index contributed by atoms with van der Waals surface area (Å²) >= 11 is 0. The molecule has 2 saturated heterocycles. The molecule has 1 amide bonds. The van der Waals surface area contributed by atoms with Gasteiger partial charge in [0.2, 0.25) is 5.79 Å². The first kappa shape index (κ1) is 46.9. The van der Waals surface area contributed by atoms with Gasteiger partial charge in [0.25, 0.3) is 11.7 Å². The zero-order valence-corrected chi connectivity index (χ0v) is 35.1. The second-order valence-electron chi connectivity index (χ2n) is 17.4. The van der Waals surface area contributed by atoms with Crippen molar-refractivity contribution in [2.24, 2.45) is 35.5 Å². The summed E-state index contributed by atoms with van der Waals surface area (Å²) in [5.41, 5.74) is 1.58. The molecule has 1 saturated carbocycles. The molecule has 0 aromatic rings. The quantitative estimate of drug-likeness (QED) is 0.163. The van der Waals surface area contributed by atoms with Crippen LogP contribution in [0.4, 0.5) is 0 Å². The van der Waals surface area contributed by atoms with Gasteiger partial charge in [-0.1, -0.05) is 44.6 Å². The van der Waals surface area contributed by atoms with Crippen molar-refractivity contribution in [1.82, 2.24) is 4.90 Å². The van der Waals surface area contributed by atoms with Gasteiger partial charge in [0.15, 0.2) is 0 Å². The number of amides is 1. The lowest BCUT2D eigenvalue weighted by atomic mass is 9.78. The molecule has 4 aliphatic rings. The van der Waals surface area contributed by atoms with Gasteiger partial charge in [-0.3, -0.25) is 14.4 Å². The number of esters is 1. The maximum Gasteiger partial charge on any atom is 0.329 e. The van der Waals surface area contributed by atoms with E-state index in [-0.39, 0.29) is 56.0 Å². The normalized spacial score (nSPS) is 41.0. The molecule has 14 atom stereocenters. The number of aliphatic hydroxyl groups excluding tert-OH is 3. The minimum Gasteiger partial charge on any atom is -0.456 e. The monoisotopic (exact) mass is 803 g/mol. The van der Waals surface area contributed by atoms with Gasteiger partial charge in [-0.15, -0.1) is 6.58 Å². The van der Waals surface area contributed by atoms with Crippen LogP contribution < -0.4 is 0 Å². The van der Waals surface area contributed by atoms with Crippen molar-refractivity contribution < 1.29 is 58.6 Å². The number of Topliss-reactive ketones (excluding diaryl/α,β-unsaturated/α-hetero) is 2. The van der Waals surface area contributed by atoms with Crippen LogP contribution in [0.3, 0.4) is 0 Å². The van der Waals surface area contributed by atoms with Gasteiger partial charge in [0.05, 0.1) is 24.4 Å². The summed E-state index contributed by atoms with van der Waals surface area (Å²) in [6.07, 6.45) is 5.00. The Hall–Kier alpha value is -2.78. The minimum absolute atomic E-state index is 0.00385. The lowest BCUT2D eigenvalue weighted by Crippen LogP contribution is -2.64. The standard InChI is InChI=1S/C44H69NO12/c1-9-12-31-18-25(2)17-26(3)19-37(54-7)40-38(55-8)21-28(5)44(53,57-40)41(50)42(51)45-16-11-10-13-33(45)43(52)56-39(29(6)35(48)23-36(31)49)27(4)20-30-14-15-34(47)32(22-30)24-46/h9,18,20,26,28-35,37-40,46-48,53H,1,10-17,19,21-24H2,2-8H3/b25-18+,27-20+/t26-,28+,29+,30-,31-,32-,33-,34+,35-,37-,38-,39+,40+,44+/m0/s1. The van der Waals surface area contributed by atoms with Crippen LogP contribution in [0.25, 0.3) is 0 Å². The van der Waals surface area contributed by atoms with Crippen molar-refractivity contribution in [3.05, 3.63) is 36.0 Å². The van der Waals surface area contributed by atoms with E-state index in [0.717, 1.165) is 5.57 Å². The van der Waals surface area contributed by atoms with Crippen LogP contribution in [0.15, 0.2) is 36.0 Å². The second-order valence-corrected chi connectivity index (χ2v) is 17.4. The van der Waals surface area contributed by atoms with Crippen LogP contribution >= 0.6 is 0 Å². The highest BCUT2D eigenvalue weighted by molar-refractivity contribution is 6.39. The summed E-state index contributed by atoms with van der Waals surface area (Å²) in [7, 11) is 3.04. The third-order valence-electron chi connectivity index (χ3n) is 13.0. The first-order valence-corrected chi connectivity index (χ1v) is 21.0. The van der Waals surface area contributed by atoms with Crippen molar-refractivity contribution in [1.29, 1.82) is 0 Å². The van der Waals surface area contributed by atoms with E-state index in [0.29, 0.717) is 56.9 Å². The molecule has 2 bridgehead atoms. The number of methoxy groups -OCH3 is 2. The number of carbonyl (C=O) groups is 4. The van der Waals surface area contributed by atoms with Gasteiger partial charge in [0, 0.05) is 57.5 Å². The molecule has 3 heterocycles. The van der Waals surface area contributed by atoms with Gasteiger partial charge >= 0.3 is 5.97 Å². The molecule has 13 heteroatoms. The van der Waals surface area contributed by atoms with Crippen LogP contribution in [0.1, 0.15) is 105 Å². The molecular weight excluding hydrogens is 734 g/mol. The average Bonchev–Trinajstić information content (AvgIpc) is 3.18. The number of carbonyl (C=O) groups excluding carboxylic acids is 4. The van der Waals surface area contributed by atoms with Crippen molar-refractivity contribution in [3.63, 3.8) is 0 Å². The molecule has 322 valence electrons. The Bertz CT molecular complexity index is 1480. The molecule has 57 heavy (non-hydrogen) atoms. The Labute approximate surface area is 338 Å². The van der Waals surface area contributed by atoms with E-state index in [1.807, 2.05) is 26.0 Å². The summed E-state index contributed by atoms with van der Waals surface area (Å²) in [5.74, 6) is -8.19. The summed E-state index contributed by atoms with van der Waals surface area (Å²) in [6, 6.07) is -1.16. The molecule has 3 aliphatic heterocycles.